The number of hydrogen-bond acceptors (Lipinski definition) is 4. The number of carboxylic acids is 1. The summed E-state index contributed by atoms with van der Waals surface area (Å²) < 4.78 is 37.9. The Morgan fingerprint density at radius 3 is 2.46 bits per heavy atom. The van der Waals surface area contributed by atoms with Crippen LogP contribution in [0.4, 0.5) is 10.1 Å². The Bertz CT molecular complexity index is 691. The standard InChI is InChI=1S/C15H21FN2O5S/c1-24(22,23)18-13-10-11(7-8-12(13)16)15(21)17-9-5-3-2-4-6-14(19)20/h7-8,10,18H,2-6,9H2,1H3,(H,17,21)(H,19,20). The largest absolute Gasteiger partial charge is 0.481 e. The summed E-state index contributed by atoms with van der Waals surface area (Å²) in [6.07, 6.45) is 3.88. The van der Waals surface area contributed by atoms with E-state index in [1.54, 1.807) is 0 Å². The number of unbranched alkanes of at least 4 members (excludes halogenated alkanes) is 3. The van der Waals surface area contributed by atoms with Gasteiger partial charge in [-0.15, -0.1) is 0 Å². The first kappa shape index (κ1) is 19.9. The molecule has 3 N–H and O–H groups in total. The molecule has 0 spiro atoms. The Kier molecular flexibility index (Phi) is 7.63. The summed E-state index contributed by atoms with van der Waals surface area (Å²) in [5.41, 5.74) is -0.132. The summed E-state index contributed by atoms with van der Waals surface area (Å²) in [7, 11) is -3.64. The topological polar surface area (TPSA) is 113 Å². The number of carbonyl (C=O) groups is 2. The van der Waals surface area contributed by atoms with E-state index in [-0.39, 0.29) is 17.7 Å². The molecule has 0 aliphatic carbocycles. The van der Waals surface area contributed by atoms with Crippen LogP contribution in [-0.4, -0.2) is 38.2 Å². The molecular weight excluding hydrogens is 339 g/mol. The highest BCUT2D eigenvalue weighted by atomic mass is 32.2. The maximum Gasteiger partial charge on any atom is 0.303 e. The molecule has 0 radical (unpaired) electrons. The zero-order valence-electron chi connectivity index (χ0n) is 13.3. The van der Waals surface area contributed by atoms with Gasteiger partial charge in [0.05, 0.1) is 11.9 Å². The highest BCUT2D eigenvalue weighted by molar-refractivity contribution is 7.92. The van der Waals surface area contributed by atoms with Gasteiger partial charge in [0.25, 0.3) is 5.91 Å². The van der Waals surface area contributed by atoms with Gasteiger partial charge < -0.3 is 10.4 Å². The first-order chi connectivity index (χ1) is 11.2. The molecule has 0 unspecified atom stereocenters. The maximum atomic E-state index is 13.5. The van der Waals surface area contributed by atoms with E-state index in [0.29, 0.717) is 19.4 Å². The minimum absolute atomic E-state index is 0.137. The van der Waals surface area contributed by atoms with Gasteiger partial charge in [-0.05, 0) is 31.0 Å². The van der Waals surface area contributed by atoms with E-state index < -0.39 is 27.7 Å². The maximum absolute atomic E-state index is 13.5. The van der Waals surface area contributed by atoms with E-state index in [1.807, 2.05) is 4.72 Å². The average molecular weight is 360 g/mol. The fourth-order valence-corrected chi connectivity index (χ4v) is 2.56. The summed E-state index contributed by atoms with van der Waals surface area (Å²) in [5, 5.41) is 11.2. The van der Waals surface area contributed by atoms with Gasteiger partial charge in [-0.2, -0.15) is 0 Å². The van der Waals surface area contributed by atoms with Crippen LogP contribution in [0.2, 0.25) is 0 Å². The van der Waals surface area contributed by atoms with Gasteiger partial charge in [0.1, 0.15) is 5.82 Å². The van der Waals surface area contributed by atoms with Gasteiger partial charge in [-0.3, -0.25) is 14.3 Å². The molecule has 1 rings (SSSR count). The van der Waals surface area contributed by atoms with Crippen molar-refractivity contribution in [3.05, 3.63) is 29.6 Å². The van der Waals surface area contributed by atoms with Gasteiger partial charge in [-0.1, -0.05) is 12.8 Å². The summed E-state index contributed by atoms with van der Waals surface area (Å²) in [6, 6.07) is 3.43. The van der Waals surface area contributed by atoms with Crippen LogP contribution in [0.1, 0.15) is 42.5 Å². The molecule has 1 amide bonds. The Labute approximate surface area is 140 Å². The molecule has 1 aromatic rings. The Morgan fingerprint density at radius 1 is 1.17 bits per heavy atom. The average Bonchev–Trinajstić information content (AvgIpc) is 2.46. The van der Waals surface area contributed by atoms with Crippen LogP contribution in [-0.2, 0) is 14.8 Å². The van der Waals surface area contributed by atoms with Crippen LogP contribution in [0, 0.1) is 5.82 Å². The monoisotopic (exact) mass is 360 g/mol. The number of nitrogens with one attached hydrogen (secondary N) is 2. The molecule has 0 atom stereocenters. The van der Waals surface area contributed by atoms with Crippen LogP contribution in [0.25, 0.3) is 0 Å². The molecule has 134 valence electrons. The first-order valence-electron chi connectivity index (χ1n) is 7.46. The lowest BCUT2D eigenvalue weighted by molar-refractivity contribution is -0.137. The van der Waals surface area contributed by atoms with Crippen molar-refractivity contribution in [2.75, 3.05) is 17.5 Å². The molecule has 7 nitrogen and oxygen atoms in total. The Balaban J connectivity index is 2.45. The molecular formula is C15H21FN2O5S. The van der Waals surface area contributed by atoms with E-state index in [2.05, 4.69) is 5.32 Å². The SMILES string of the molecule is CS(=O)(=O)Nc1cc(C(=O)NCCCCCCC(=O)O)ccc1F. The molecule has 24 heavy (non-hydrogen) atoms. The Morgan fingerprint density at radius 2 is 1.83 bits per heavy atom. The number of amides is 1. The van der Waals surface area contributed by atoms with Crippen molar-refractivity contribution < 1.29 is 27.5 Å². The second-order valence-corrected chi connectivity index (χ2v) is 7.13. The second kappa shape index (κ2) is 9.21. The van der Waals surface area contributed by atoms with Crippen LogP contribution in [0.5, 0.6) is 0 Å². The van der Waals surface area contributed by atoms with Crippen molar-refractivity contribution >= 4 is 27.6 Å². The van der Waals surface area contributed by atoms with Gasteiger partial charge in [-0.25, -0.2) is 12.8 Å². The van der Waals surface area contributed by atoms with E-state index in [0.717, 1.165) is 31.2 Å². The van der Waals surface area contributed by atoms with Crippen molar-refractivity contribution in [1.82, 2.24) is 5.32 Å². The zero-order chi connectivity index (χ0) is 18.2. The lowest BCUT2D eigenvalue weighted by Gasteiger charge is -2.09. The lowest BCUT2D eigenvalue weighted by Crippen LogP contribution is -2.24. The predicted octanol–water partition coefficient (Wildman–Crippen LogP) is 1.96. The van der Waals surface area contributed by atoms with E-state index in [4.69, 9.17) is 5.11 Å². The lowest BCUT2D eigenvalue weighted by atomic mass is 10.1. The van der Waals surface area contributed by atoms with Crippen LogP contribution in [0.15, 0.2) is 18.2 Å². The molecule has 0 fully saturated rings. The normalized spacial score (nSPS) is 11.1. The van der Waals surface area contributed by atoms with Crippen LogP contribution in [0.3, 0.4) is 0 Å². The predicted molar refractivity (Wildman–Crippen MR) is 87.9 cm³/mol. The number of anilines is 1. The molecule has 0 bridgehead atoms. The third-order valence-corrected chi connectivity index (χ3v) is 3.72. The summed E-state index contributed by atoms with van der Waals surface area (Å²) in [4.78, 5) is 22.3. The molecule has 0 aliphatic rings. The number of rotatable bonds is 10. The first-order valence-corrected chi connectivity index (χ1v) is 9.35. The van der Waals surface area contributed by atoms with Gasteiger partial charge in [0.2, 0.25) is 10.0 Å². The van der Waals surface area contributed by atoms with Crippen molar-refractivity contribution in [3.8, 4) is 0 Å². The number of carbonyl (C=O) groups excluding carboxylic acids is 1. The molecule has 0 heterocycles. The van der Waals surface area contributed by atoms with Gasteiger partial charge in [0, 0.05) is 18.5 Å². The highest BCUT2D eigenvalue weighted by Gasteiger charge is 2.12. The minimum atomic E-state index is -3.64. The third-order valence-electron chi connectivity index (χ3n) is 3.13. The fraction of sp³-hybridized carbons (Fsp3) is 0.467. The molecule has 0 saturated heterocycles. The molecule has 0 saturated carbocycles. The number of halogens is 1. The summed E-state index contributed by atoms with van der Waals surface area (Å²) >= 11 is 0. The van der Waals surface area contributed by atoms with Gasteiger partial charge in [0.15, 0.2) is 0 Å². The molecule has 9 heteroatoms. The zero-order valence-corrected chi connectivity index (χ0v) is 14.2. The Hall–Kier alpha value is -2.16. The van der Waals surface area contributed by atoms with Crippen LogP contribution < -0.4 is 10.0 Å². The van der Waals surface area contributed by atoms with Crippen molar-refractivity contribution in [2.45, 2.75) is 32.1 Å². The van der Waals surface area contributed by atoms with E-state index >= 15 is 0 Å². The molecule has 0 aliphatic heterocycles. The smallest absolute Gasteiger partial charge is 0.303 e. The second-order valence-electron chi connectivity index (χ2n) is 5.38. The number of hydrogen-bond donors (Lipinski definition) is 3. The molecule has 1 aromatic carbocycles. The number of benzene rings is 1. The minimum Gasteiger partial charge on any atom is -0.481 e. The third kappa shape index (κ3) is 7.91. The summed E-state index contributed by atoms with van der Waals surface area (Å²) in [5.74, 6) is -2.02. The molecule has 0 aromatic heterocycles. The highest BCUT2D eigenvalue weighted by Crippen LogP contribution is 2.17. The number of aliphatic carboxylic acids is 1. The van der Waals surface area contributed by atoms with Crippen molar-refractivity contribution in [1.29, 1.82) is 0 Å². The van der Waals surface area contributed by atoms with Crippen LogP contribution >= 0.6 is 0 Å². The van der Waals surface area contributed by atoms with Gasteiger partial charge >= 0.3 is 5.97 Å². The quantitative estimate of drug-likeness (QED) is 0.552. The van der Waals surface area contributed by atoms with Crippen molar-refractivity contribution in [2.24, 2.45) is 0 Å². The number of carboxylic acid groups (broad SMARTS) is 1. The van der Waals surface area contributed by atoms with Crippen molar-refractivity contribution in [3.63, 3.8) is 0 Å². The fourth-order valence-electron chi connectivity index (χ4n) is 2.00. The van der Waals surface area contributed by atoms with E-state index in [9.17, 15) is 22.4 Å². The van der Waals surface area contributed by atoms with E-state index in [1.165, 1.54) is 6.07 Å². The number of sulfonamides is 1. The summed E-state index contributed by atoms with van der Waals surface area (Å²) in [6.45, 7) is 0.401.